The summed E-state index contributed by atoms with van der Waals surface area (Å²) >= 11 is 0. The maximum atomic E-state index is 12.2. The second kappa shape index (κ2) is 9.19. The van der Waals surface area contributed by atoms with Crippen LogP contribution in [0.15, 0.2) is 0 Å². The van der Waals surface area contributed by atoms with Gasteiger partial charge < -0.3 is 29.5 Å². The van der Waals surface area contributed by atoms with Gasteiger partial charge in [-0.2, -0.15) is 0 Å². The topological polar surface area (TPSA) is 97.3 Å². The largest absolute Gasteiger partial charge is 0.444 e. The summed E-state index contributed by atoms with van der Waals surface area (Å²) in [7, 11) is 1.58. The number of methoxy groups -OCH3 is 1. The maximum Gasteiger partial charge on any atom is 0.410 e. The van der Waals surface area contributed by atoms with E-state index in [1.165, 1.54) is 4.90 Å². The van der Waals surface area contributed by atoms with Gasteiger partial charge in [-0.15, -0.1) is 0 Å². The Labute approximate surface area is 143 Å². The number of carbonyl (C=O) groups excluding carboxylic acids is 2. The average Bonchev–Trinajstić information content (AvgIpc) is 2.49. The molecule has 1 fully saturated rings. The van der Waals surface area contributed by atoms with Gasteiger partial charge in [-0.3, -0.25) is 4.79 Å². The van der Waals surface area contributed by atoms with Crippen LogP contribution in [0.1, 0.15) is 33.6 Å². The van der Waals surface area contributed by atoms with Crippen molar-refractivity contribution in [2.45, 2.75) is 44.8 Å². The molecule has 0 aliphatic carbocycles. The first-order chi connectivity index (χ1) is 11.2. The lowest BCUT2D eigenvalue weighted by molar-refractivity contribution is -0.145. The fourth-order valence-electron chi connectivity index (χ4n) is 2.35. The van der Waals surface area contributed by atoms with Crippen molar-refractivity contribution in [3.8, 4) is 0 Å². The van der Waals surface area contributed by atoms with Crippen molar-refractivity contribution in [2.75, 3.05) is 46.6 Å². The van der Waals surface area contributed by atoms with Crippen LogP contribution in [0.25, 0.3) is 0 Å². The average molecular weight is 346 g/mol. The molecule has 0 radical (unpaired) electrons. The molecule has 0 bridgehead atoms. The highest BCUT2D eigenvalue weighted by molar-refractivity contribution is 5.86. The summed E-state index contributed by atoms with van der Waals surface area (Å²) in [5.74, 6) is -0.494. The van der Waals surface area contributed by atoms with Crippen LogP contribution >= 0.6 is 0 Å². The Morgan fingerprint density at radius 3 is 2.58 bits per heavy atom. The standard InChI is InChI=1S/C16H30N2O6/c1-15(2,3)24-14(20)18-8-5-6-16(21,12-18)13(19)17-7-9-23-11-10-22-4/h21H,5-12H2,1-4H3,(H,17,19). The summed E-state index contributed by atoms with van der Waals surface area (Å²) in [5, 5.41) is 13.2. The molecule has 1 rings (SSSR count). The van der Waals surface area contributed by atoms with Gasteiger partial charge in [-0.05, 0) is 33.6 Å². The van der Waals surface area contributed by atoms with Crippen LogP contribution in [0.5, 0.6) is 0 Å². The van der Waals surface area contributed by atoms with Crippen molar-refractivity contribution >= 4 is 12.0 Å². The number of hydrogen-bond acceptors (Lipinski definition) is 6. The number of piperidine rings is 1. The summed E-state index contributed by atoms with van der Waals surface area (Å²) in [6, 6.07) is 0. The van der Waals surface area contributed by atoms with Crippen LogP contribution in [0, 0.1) is 0 Å². The van der Waals surface area contributed by atoms with Gasteiger partial charge in [0.2, 0.25) is 0 Å². The highest BCUT2D eigenvalue weighted by Crippen LogP contribution is 2.23. The number of aliphatic hydroxyl groups is 1. The molecule has 1 aliphatic rings. The van der Waals surface area contributed by atoms with Crippen LogP contribution in [0.4, 0.5) is 4.79 Å². The van der Waals surface area contributed by atoms with Gasteiger partial charge in [0.1, 0.15) is 5.60 Å². The van der Waals surface area contributed by atoms with E-state index in [1.54, 1.807) is 27.9 Å². The monoisotopic (exact) mass is 346 g/mol. The number of hydrogen-bond donors (Lipinski definition) is 2. The minimum absolute atomic E-state index is 0.0712. The van der Waals surface area contributed by atoms with Crippen molar-refractivity contribution in [2.24, 2.45) is 0 Å². The summed E-state index contributed by atoms with van der Waals surface area (Å²) in [5.41, 5.74) is -2.21. The molecule has 1 unspecified atom stereocenters. The lowest BCUT2D eigenvalue weighted by atomic mass is 9.92. The van der Waals surface area contributed by atoms with E-state index in [9.17, 15) is 14.7 Å². The third-order valence-corrected chi connectivity index (χ3v) is 3.51. The molecule has 24 heavy (non-hydrogen) atoms. The van der Waals surface area contributed by atoms with Crippen LogP contribution in [-0.2, 0) is 19.0 Å². The fourth-order valence-corrected chi connectivity index (χ4v) is 2.35. The van der Waals surface area contributed by atoms with Gasteiger partial charge in [0, 0.05) is 20.2 Å². The summed E-state index contributed by atoms with van der Waals surface area (Å²) in [6.07, 6.45) is 0.326. The van der Waals surface area contributed by atoms with Crippen molar-refractivity contribution in [3.05, 3.63) is 0 Å². The third-order valence-electron chi connectivity index (χ3n) is 3.51. The minimum atomic E-state index is -1.60. The van der Waals surface area contributed by atoms with Crippen LogP contribution in [-0.4, -0.2) is 79.8 Å². The summed E-state index contributed by atoms with van der Waals surface area (Å²) < 4.78 is 15.4. The number of likely N-dealkylation sites (tertiary alicyclic amines) is 1. The zero-order valence-corrected chi connectivity index (χ0v) is 15.1. The Morgan fingerprint density at radius 1 is 1.25 bits per heavy atom. The van der Waals surface area contributed by atoms with Gasteiger partial charge in [0.15, 0.2) is 5.60 Å². The molecule has 1 saturated heterocycles. The zero-order valence-electron chi connectivity index (χ0n) is 15.1. The highest BCUT2D eigenvalue weighted by Gasteiger charge is 2.42. The minimum Gasteiger partial charge on any atom is -0.444 e. The van der Waals surface area contributed by atoms with Crippen molar-refractivity contribution in [1.29, 1.82) is 0 Å². The predicted molar refractivity (Wildman–Crippen MR) is 87.7 cm³/mol. The lowest BCUT2D eigenvalue weighted by Crippen LogP contribution is -2.59. The van der Waals surface area contributed by atoms with E-state index in [-0.39, 0.29) is 13.1 Å². The molecule has 1 atom stereocenters. The van der Waals surface area contributed by atoms with E-state index < -0.39 is 23.2 Å². The van der Waals surface area contributed by atoms with Gasteiger partial charge in [-0.25, -0.2) is 4.79 Å². The number of nitrogens with one attached hydrogen (secondary N) is 1. The smallest absolute Gasteiger partial charge is 0.410 e. The number of β-amino-alcohol motifs (C(OH)–C–C–N with tert-alkyl or cyclic N) is 1. The Morgan fingerprint density at radius 2 is 1.96 bits per heavy atom. The van der Waals surface area contributed by atoms with Crippen molar-refractivity contribution < 1.29 is 28.9 Å². The Kier molecular flexibility index (Phi) is 7.92. The first-order valence-corrected chi connectivity index (χ1v) is 8.23. The molecule has 0 spiro atoms. The molecule has 0 aromatic rings. The second-order valence-corrected chi connectivity index (χ2v) is 6.90. The third kappa shape index (κ3) is 7.02. The first-order valence-electron chi connectivity index (χ1n) is 8.23. The highest BCUT2D eigenvalue weighted by atomic mass is 16.6. The van der Waals surface area contributed by atoms with Crippen LogP contribution < -0.4 is 5.32 Å². The number of nitrogens with zero attached hydrogens (tertiary/aromatic N) is 1. The quantitative estimate of drug-likeness (QED) is 0.653. The van der Waals surface area contributed by atoms with Crippen LogP contribution in [0.2, 0.25) is 0 Å². The number of amides is 2. The normalized spacial score (nSPS) is 21.5. The van der Waals surface area contributed by atoms with E-state index in [4.69, 9.17) is 14.2 Å². The molecular weight excluding hydrogens is 316 g/mol. The lowest BCUT2D eigenvalue weighted by Gasteiger charge is -2.38. The number of carbonyl (C=O) groups is 2. The predicted octanol–water partition coefficient (Wildman–Crippen LogP) is 0.528. The van der Waals surface area contributed by atoms with Crippen molar-refractivity contribution in [3.63, 3.8) is 0 Å². The van der Waals surface area contributed by atoms with Gasteiger partial charge in [-0.1, -0.05) is 0 Å². The van der Waals surface area contributed by atoms with Crippen LogP contribution in [0.3, 0.4) is 0 Å². The molecule has 1 heterocycles. The van der Waals surface area contributed by atoms with Gasteiger partial charge in [0.25, 0.3) is 5.91 Å². The summed E-state index contributed by atoms with van der Waals surface area (Å²) in [6.45, 7) is 7.28. The SMILES string of the molecule is COCCOCCNC(=O)C1(O)CCCN(C(=O)OC(C)(C)C)C1. The Balaban J connectivity index is 2.45. The van der Waals surface area contributed by atoms with Crippen molar-refractivity contribution in [1.82, 2.24) is 10.2 Å². The summed E-state index contributed by atoms with van der Waals surface area (Å²) in [4.78, 5) is 25.7. The van der Waals surface area contributed by atoms with E-state index in [1.807, 2.05) is 0 Å². The second-order valence-electron chi connectivity index (χ2n) is 6.90. The number of ether oxygens (including phenoxy) is 3. The van der Waals surface area contributed by atoms with Gasteiger partial charge in [0.05, 0.1) is 26.4 Å². The molecule has 2 N–H and O–H groups in total. The maximum absolute atomic E-state index is 12.2. The molecule has 0 saturated carbocycles. The molecule has 0 aromatic heterocycles. The molecule has 8 heteroatoms. The molecule has 8 nitrogen and oxygen atoms in total. The van der Waals surface area contributed by atoms with E-state index in [0.29, 0.717) is 39.2 Å². The zero-order chi connectivity index (χ0) is 18.2. The first kappa shape index (κ1) is 20.7. The van der Waals surface area contributed by atoms with Gasteiger partial charge >= 0.3 is 6.09 Å². The fraction of sp³-hybridized carbons (Fsp3) is 0.875. The number of rotatable bonds is 7. The van der Waals surface area contributed by atoms with E-state index in [2.05, 4.69) is 5.32 Å². The molecule has 2 amide bonds. The van der Waals surface area contributed by atoms with E-state index in [0.717, 1.165) is 0 Å². The van der Waals surface area contributed by atoms with E-state index >= 15 is 0 Å². The molecule has 0 aromatic carbocycles. The Hall–Kier alpha value is -1.38. The Bertz CT molecular complexity index is 423. The molecule has 140 valence electrons. The molecular formula is C16H30N2O6. The molecule has 1 aliphatic heterocycles.